The molecular weight excluding hydrogens is 278 g/mol. The maximum absolute atomic E-state index is 14.0. The van der Waals surface area contributed by atoms with Crippen LogP contribution in [0.5, 0.6) is 5.75 Å². The molecule has 6 heteroatoms. The molecule has 0 amide bonds. The number of carboxylic acids is 1. The SMILES string of the molecule is O=C(O)C1(c2cc(Cl)c(O)c(F)c2F)CCCCC1. The smallest absolute Gasteiger partial charge is 0.314 e. The van der Waals surface area contributed by atoms with Crippen molar-refractivity contribution < 1.29 is 23.8 Å². The highest BCUT2D eigenvalue weighted by atomic mass is 35.5. The molecule has 104 valence electrons. The molecule has 1 aliphatic carbocycles. The van der Waals surface area contributed by atoms with Crippen molar-refractivity contribution in [3.8, 4) is 5.75 Å². The predicted octanol–water partition coefficient (Wildman–Crippen LogP) is 3.61. The van der Waals surface area contributed by atoms with Crippen molar-refractivity contribution in [1.82, 2.24) is 0 Å². The summed E-state index contributed by atoms with van der Waals surface area (Å²) in [5.41, 5.74) is -1.74. The average molecular weight is 291 g/mol. The summed E-state index contributed by atoms with van der Waals surface area (Å²) in [6, 6.07) is 1.02. The quantitative estimate of drug-likeness (QED) is 0.818. The second-order valence-corrected chi connectivity index (χ2v) is 5.24. The van der Waals surface area contributed by atoms with Crippen LogP contribution in [-0.4, -0.2) is 16.2 Å². The molecule has 0 heterocycles. The molecule has 0 radical (unpaired) electrons. The Morgan fingerprint density at radius 1 is 1.21 bits per heavy atom. The van der Waals surface area contributed by atoms with Crippen LogP contribution >= 0.6 is 11.6 Å². The molecule has 0 aromatic heterocycles. The van der Waals surface area contributed by atoms with E-state index in [0.717, 1.165) is 12.5 Å². The first-order chi connectivity index (χ1) is 8.90. The number of aromatic hydroxyl groups is 1. The van der Waals surface area contributed by atoms with E-state index in [-0.39, 0.29) is 23.4 Å². The number of phenols is 1. The average Bonchev–Trinajstić information content (AvgIpc) is 2.41. The summed E-state index contributed by atoms with van der Waals surface area (Å²) in [4.78, 5) is 11.5. The van der Waals surface area contributed by atoms with Crippen molar-refractivity contribution in [3.05, 3.63) is 28.3 Å². The Labute approximate surface area is 113 Å². The van der Waals surface area contributed by atoms with Gasteiger partial charge in [0.15, 0.2) is 11.6 Å². The molecule has 3 nitrogen and oxygen atoms in total. The standard InChI is InChI=1S/C13H13ClF2O3/c14-8-6-7(9(15)10(16)11(8)17)13(12(18)19)4-2-1-3-5-13/h6,17H,1-5H2,(H,18,19). The van der Waals surface area contributed by atoms with Gasteiger partial charge in [-0.3, -0.25) is 4.79 Å². The number of hydrogen-bond donors (Lipinski definition) is 2. The lowest BCUT2D eigenvalue weighted by Crippen LogP contribution is -2.39. The first-order valence-electron chi connectivity index (χ1n) is 6.00. The fraction of sp³-hybridized carbons (Fsp3) is 0.462. The van der Waals surface area contributed by atoms with Gasteiger partial charge in [-0.05, 0) is 18.9 Å². The molecule has 0 spiro atoms. The molecule has 0 saturated heterocycles. The molecule has 0 atom stereocenters. The number of phenolic OH excluding ortho intramolecular Hbond substituents is 1. The van der Waals surface area contributed by atoms with Crippen LogP contribution in [0.15, 0.2) is 6.07 Å². The molecule has 2 rings (SSSR count). The van der Waals surface area contributed by atoms with Crippen LogP contribution in [0.4, 0.5) is 8.78 Å². The number of aliphatic carboxylic acids is 1. The van der Waals surface area contributed by atoms with Gasteiger partial charge < -0.3 is 10.2 Å². The lowest BCUT2D eigenvalue weighted by Gasteiger charge is -2.34. The number of hydrogen-bond acceptors (Lipinski definition) is 2. The van der Waals surface area contributed by atoms with E-state index in [1.165, 1.54) is 0 Å². The second-order valence-electron chi connectivity index (χ2n) is 4.83. The minimum absolute atomic E-state index is 0.236. The van der Waals surface area contributed by atoms with Gasteiger partial charge in [-0.2, -0.15) is 4.39 Å². The summed E-state index contributed by atoms with van der Waals surface area (Å²) >= 11 is 5.63. The lowest BCUT2D eigenvalue weighted by molar-refractivity contribution is -0.145. The maximum atomic E-state index is 14.0. The predicted molar refractivity (Wildman–Crippen MR) is 65.4 cm³/mol. The number of carboxylic acid groups (broad SMARTS) is 1. The molecule has 1 aromatic rings. The van der Waals surface area contributed by atoms with Gasteiger partial charge in [-0.15, -0.1) is 0 Å². The van der Waals surface area contributed by atoms with Gasteiger partial charge in [0.1, 0.15) is 0 Å². The van der Waals surface area contributed by atoms with E-state index in [9.17, 15) is 23.8 Å². The first kappa shape index (κ1) is 14.1. The number of carbonyl (C=O) groups is 1. The van der Waals surface area contributed by atoms with Crippen LogP contribution in [0.2, 0.25) is 5.02 Å². The molecule has 1 saturated carbocycles. The van der Waals surface area contributed by atoms with Crippen LogP contribution in [-0.2, 0) is 10.2 Å². The van der Waals surface area contributed by atoms with E-state index in [0.29, 0.717) is 12.8 Å². The topological polar surface area (TPSA) is 57.5 Å². The summed E-state index contributed by atoms with van der Waals surface area (Å²) in [7, 11) is 0. The van der Waals surface area contributed by atoms with Gasteiger partial charge in [0.05, 0.1) is 10.4 Å². The van der Waals surface area contributed by atoms with Crippen LogP contribution in [0.1, 0.15) is 37.7 Å². The Bertz CT molecular complexity index is 525. The Hall–Kier alpha value is -1.36. The van der Waals surface area contributed by atoms with Crippen LogP contribution in [0, 0.1) is 11.6 Å². The Kier molecular flexibility index (Phi) is 3.67. The van der Waals surface area contributed by atoms with Gasteiger partial charge in [0, 0.05) is 5.56 Å². The molecule has 1 aliphatic rings. The number of benzene rings is 1. The summed E-state index contributed by atoms with van der Waals surface area (Å²) in [6.07, 6.45) is 2.60. The number of halogens is 3. The highest BCUT2D eigenvalue weighted by Crippen LogP contribution is 2.44. The van der Waals surface area contributed by atoms with E-state index in [2.05, 4.69) is 0 Å². The molecule has 1 fully saturated rings. The van der Waals surface area contributed by atoms with E-state index in [4.69, 9.17) is 11.6 Å². The molecule has 0 unspecified atom stereocenters. The van der Waals surface area contributed by atoms with Gasteiger partial charge in [-0.25, -0.2) is 4.39 Å². The first-order valence-corrected chi connectivity index (χ1v) is 6.38. The zero-order valence-electron chi connectivity index (χ0n) is 10.0. The summed E-state index contributed by atoms with van der Waals surface area (Å²) in [6.45, 7) is 0. The highest BCUT2D eigenvalue weighted by Gasteiger charge is 2.44. The molecule has 0 bridgehead atoms. The summed E-state index contributed by atoms with van der Waals surface area (Å²) in [5.74, 6) is -4.99. The van der Waals surface area contributed by atoms with Crippen LogP contribution < -0.4 is 0 Å². The minimum atomic E-state index is -1.49. The van der Waals surface area contributed by atoms with Gasteiger partial charge in [0.2, 0.25) is 5.82 Å². The van der Waals surface area contributed by atoms with Crippen LogP contribution in [0.25, 0.3) is 0 Å². The lowest BCUT2D eigenvalue weighted by atomic mass is 9.69. The Balaban J connectivity index is 2.64. The van der Waals surface area contributed by atoms with Crippen molar-refractivity contribution in [3.63, 3.8) is 0 Å². The van der Waals surface area contributed by atoms with Gasteiger partial charge in [-0.1, -0.05) is 30.9 Å². The Morgan fingerprint density at radius 3 is 2.32 bits per heavy atom. The fourth-order valence-corrected chi connectivity index (χ4v) is 2.88. The van der Waals surface area contributed by atoms with Crippen molar-refractivity contribution in [2.45, 2.75) is 37.5 Å². The monoisotopic (exact) mass is 290 g/mol. The van der Waals surface area contributed by atoms with E-state index in [1.54, 1.807) is 0 Å². The third-order valence-electron chi connectivity index (χ3n) is 3.77. The van der Waals surface area contributed by atoms with Crippen molar-refractivity contribution in [1.29, 1.82) is 0 Å². The molecule has 2 N–H and O–H groups in total. The minimum Gasteiger partial charge on any atom is -0.504 e. The highest BCUT2D eigenvalue weighted by molar-refractivity contribution is 6.32. The largest absolute Gasteiger partial charge is 0.504 e. The third kappa shape index (κ3) is 2.16. The van der Waals surface area contributed by atoms with Crippen molar-refractivity contribution in [2.24, 2.45) is 0 Å². The molecule has 0 aliphatic heterocycles. The maximum Gasteiger partial charge on any atom is 0.314 e. The zero-order valence-corrected chi connectivity index (χ0v) is 10.8. The van der Waals surface area contributed by atoms with Crippen molar-refractivity contribution >= 4 is 17.6 Å². The van der Waals surface area contributed by atoms with E-state index >= 15 is 0 Å². The van der Waals surface area contributed by atoms with E-state index in [1.807, 2.05) is 0 Å². The Morgan fingerprint density at radius 2 is 1.79 bits per heavy atom. The molecule has 19 heavy (non-hydrogen) atoms. The van der Waals surface area contributed by atoms with E-state index < -0.39 is 28.8 Å². The third-order valence-corrected chi connectivity index (χ3v) is 4.05. The van der Waals surface area contributed by atoms with Crippen LogP contribution in [0.3, 0.4) is 0 Å². The zero-order chi connectivity index (χ0) is 14.2. The summed E-state index contributed by atoms with van der Waals surface area (Å²) < 4.78 is 27.5. The molecular formula is C13H13ClF2O3. The molecule has 1 aromatic carbocycles. The second kappa shape index (κ2) is 4.96. The van der Waals surface area contributed by atoms with Gasteiger partial charge >= 0.3 is 5.97 Å². The normalized spacial score (nSPS) is 18.3. The van der Waals surface area contributed by atoms with Gasteiger partial charge in [0.25, 0.3) is 0 Å². The number of rotatable bonds is 2. The fourth-order valence-electron chi connectivity index (χ4n) is 2.69. The summed E-state index contributed by atoms with van der Waals surface area (Å²) in [5, 5.41) is 18.3. The van der Waals surface area contributed by atoms with Crippen molar-refractivity contribution in [2.75, 3.05) is 0 Å².